The molecule has 0 rings (SSSR count). The van der Waals surface area contributed by atoms with Gasteiger partial charge in [-0.15, -0.1) is 0 Å². The first-order valence-electron chi connectivity index (χ1n) is 5.53. The maximum absolute atomic E-state index is 10.6. The molecule has 114 valence electrons. The van der Waals surface area contributed by atoms with Crippen molar-refractivity contribution in [2.75, 3.05) is 19.8 Å². The SMILES string of the molecule is C=C(C)C(=O)OCC(O)CO.C=CCOC(=O)C(=C)O. The van der Waals surface area contributed by atoms with Gasteiger partial charge in [0, 0.05) is 5.57 Å². The standard InChI is InChI=1S/C7H12O4.C6H8O3/c1-5(2)7(10)11-4-6(9)3-8;1-3-4-9-6(8)5(2)7/h6,8-9H,1,3-4H2,2H3;3,7H,1-2,4H2. The zero-order valence-corrected chi connectivity index (χ0v) is 11.4. The Morgan fingerprint density at radius 1 is 1.25 bits per heavy atom. The van der Waals surface area contributed by atoms with Crippen LogP contribution in [0.2, 0.25) is 0 Å². The fourth-order valence-corrected chi connectivity index (χ4v) is 0.566. The Kier molecular flexibility index (Phi) is 12.1. The van der Waals surface area contributed by atoms with Crippen LogP contribution in [0.25, 0.3) is 0 Å². The van der Waals surface area contributed by atoms with Crippen molar-refractivity contribution in [2.24, 2.45) is 0 Å². The summed E-state index contributed by atoms with van der Waals surface area (Å²) in [5.74, 6) is -1.95. The minimum Gasteiger partial charge on any atom is -0.502 e. The fourth-order valence-electron chi connectivity index (χ4n) is 0.566. The Bertz CT molecular complexity index is 360. The highest BCUT2D eigenvalue weighted by atomic mass is 16.5. The van der Waals surface area contributed by atoms with Gasteiger partial charge in [-0.05, 0) is 13.5 Å². The summed E-state index contributed by atoms with van der Waals surface area (Å²) in [6.45, 7) is 10.6. The highest BCUT2D eigenvalue weighted by Crippen LogP contribution is 1.93. The van der Waals surface area contributed by atoms with Gasteiger partial charge in [0.05, 0.1) is 6.61 Å². The number of ether oxygens (including phenoxy) is 2. The topological polar surface area (TPSA) is 113 Å². The summed E-state index contributed by atoms with van der Waals surface area (Å²) in [7, 11) is 0. The van der Waals surface area contributed by atoms with Crippen LogP contribution in [0.5, 0.6) is 0 Å². The van der Waals surface area contributed by atoms with E-state index in [2.05, 4.69) is 29.2 Å². The van der Waals surface area contributed by atoms with Crippen LogP contribution in [0.1, 0.15) is 6.92 Å². The van der Waals surface area contributed by atoms with Crippen molar-refractivity contribution in [1.29, 1.82) is 0 Å². The number of carbonyl (C=O) groups excluding carboxylic acids is 2. The van der Waals surface area contributed by atoms with Crippen molar-refractivity contribution in [2.45, 2.75) is 13.0 Å². The molecule has 1 unspecified atom stereocenters. The molecule has 0 aliphatic heterocycles. The second-order valence-electron chi connectivity index (χ2n) is 3.55. The molecule has 0 bridgehead atoms. The van der Waals surface area contributed by atoms with Crippen LogP contribution in [0.15, 0.2) is 37.1 Å². The number of hydrogen-bond donors (Lipinski definition) is 3. The van der Waals surface area contributed by atoms with E-state index in [0.29, 0.717) is 0 Å². The fraction of sp³-hybridized carbons (Fsp3) is 0.385. The van der Waals surface area contributed by atoms with Crippen molar-refractivity contribution < 1.29 is 34.4 Å². The predicted octanol–water partition coefficient (Wildman–Crippen LogP) is 0.246. The quantitative estimate of drug-likeness (QED) is 0.266. The molecular weight excluding hydrogens is 268 g/mol. The molecule has 0 spiro atoms. The molecule has 0 fully saturated rings. The first kappa shape index (κ1) is 20.2. The Labute approximate surface area is 117 Å². The van der Waals surface area contributed by atoms with Crippen LogP contribution >= 0.6 is 0 Å². The number of carbonyl (C=O) groups is 2. The van der Waals surface area contributed by atoms with Crippen molar-refractivity contribution >= 4 is 11.9 Å². The summed E-state index contributed by atoms with van der Waals surface area (Å²) in [6, 6.07) is 0. The molecule has 0 amide bonds. The summed E-state index contributed by atoms with van der Waals surface area (Å²) in [6.07, 6.45) is 0.402. The minimum atomic E-state index is -1.00. The maximum atomic E-state index is 10.6. The molecule has 1 atom stereocenters. The first-order valence-corrected chi connectivity index (χ1v) is 5.53. The average Bonchev–Trinajstić information content (AvgIpc) is 2.41. The zero-order chi connectivity index (χ0) is 16.1. The third-order valence-electron chi connectivity index (χ3n) is 1.53. The van der Waals surface area contributed by atoms with E-state index < -0.39 is 30.4 Å². The molecule has 0 aromatic rings. The largest absolute Gasteiger partial charge is 0.502 e. The van der Waals surface area contributed by atoms with Gasteiger partial charge in [-0.2, -0.15) is 0 Å². The second-order valence-corrected chi connectivity index (χ2v) is 3.55. The molecule has 7 heteroatoms. The Morgan fingerprint density at radius 2 is 1.80 bits per heavy atom. The van der Waals surface area contributed by atoms with Gasteiger partial charge in [0.25, 0.3) is 0 Å². The Hall–Kier alpha value is -2.12. The van der Waals surface area contributed by atoms with Crippen molar-refractivity contribution in [3.8, 4) is 0 Å². The van der Waals surface area contributed by atoms with Gasteiger partial charge in [0.2, 0.25) is 0 Å². The maximum Gasteiger partial charge on any atom is 0.373 e. The van der Waals surface area contributed by atoms with Gasteiger partial charge in [-0.1, -0.05) is 19.2 Å². The van der Waals surface area contributed by atoms with Gasteiger partial charge in [-0.3, -0.25) is 0 Å². The van der Waals surface area contributed by atoms with E-state index in [1.54, 1.807) is 0 Å². The van der Waals surface area contributed by atoms with Crippen LogP contribution < -0.4 is 0 Å². The molecule has 20 heavy (non-hydrogen) atoms. The highest BCUT2D eigenvalue weighted by molar-refractivity contribution is 5.86. The molecule has 0 aliphatic carbocycles. The van der Waals surface area contributed by atoms with E-state index in [-0.39, 0.29) is 18.8 Å². The molecule has 3 N–H and O–H groups in total. The molecule has 0 aliphatic rings. The summed E-state index contributed by atoms with van der Waals surface area (Å²) >= 11 is 0. The Balaban J connectivity index is 0. The lowest BCUT2D eigenvalue weighted by atomic mass is 10.3. The van der Waals surface area contributed by atoms with E-state index in [4.69, 9.17) is 15.3 Å². The molecule has 0 radical (unpaired) electrons. The normalized spacial score (nSPS) is 10.3. The van der Waals surface area contributed by atoms with Crippen LogP contribution in [-0.4, -0.2) is 53.2 Å². The second kappa shape index (κ2) is 11.9. The number of aliphatic hydroxyl groups is 3. The first-order chi connectivity index (χ1) is 9.26. The van der Waals surface area contributed by atoms with Gasteiger partial charge in [-0.25, -0.2) is 9.59 Å². The smallest absolute Gasteiger partial charge is 0.373 e. The van der Waals surface area contributed by atoms with Crippen molar-refractivity contribution in [3.05, 3.63) is 37.1 Å². The molecule has 7 nitrogen and oxygen atoms in total. The number of hydrogen-bond acceptors (Lipinski definition) is 7. The summed E-state index contributed by atoms with van der Waals surface area (Å²) in [5.41, 5.74) is 0.273. The number of rotatable bonds is 7. The molecule has 0 aromatic heterocycles. The van der Waals surface area contributed by atoms with E-state index in [1.165, 1.54) is 13.0 Å². The number of esters is 2. The molecule has 0 saturated carbocycles. The van der Waals surface area contributed by atoms with Gasteiger partial charge in [0.15, 0.2) is 5.76 Å². The van der Waals surface area contributed by atoms with Crippen LogP contribution in [0.3, 0.4) is 0 Å². The van der Waals surface area contributed by atoms with Crippen LogP contribution in [-0.2, 0) is 19.1 Å². The lowest BCUT2D eigenvalue weighted by molar-refractivity contribution is -0.142. The van der Waals surface area contributed by atoms with Gasteiger partial charge in [0.1, 0.15) is 19.3 Å². The number of aliphatic hydroxyl groups excluding tert-OH is 3. The van der Waals surface area contributed by atoms with E-state index in [0.717, 1.165) is 0 Å². The minimum absolute atomic E-state index is 0.0956. The molecular formula is C13H20O7. The summed E-state index contributed by atoms with van der Waals surface area (Å²) in [4.78, 5) is 20.9. The van der Waals surface area contributed by atoms with Crippen LogP contribution in [0, 0.1) is 0 Å². The van der Waals surface area contributed by atoms with Gasteiger partial charge < -0.3 is 24.8 Å². The van der Waals surface area contributed by atoms with E-state index >= 15 is 0 Å². The van der Waals surface area contributed by atoms with E-state index in [9.17, 15) is 9.59 Å². The summed E-state index contributed by atoms with van der Waals surface area (Å²) in [5, 5.41) is 25.4. The lowest BCUT2D eigenvalue weighted by Crippen LogP contribution is -2.22. The molecule has 0 heterocycles. The van der Waals surface area contributed by atoms with Crippen LogP contribution in [0.4, 0.5) is 0 Å². The summed E-state index contributed by atoms with van der Waals surface area (Å²) < 4.78 is 8.85. The third kappa shape index (κ3) is 12.3. The van der Waals surface area contributed by atoms with Gasteiger partial charge >= 0.3 is 11.9 Å². The third-order valence-corrected chi connectivity index (χ3v) is 1.53. The van der Waals surface area contributed by atoms with Crippen molar-refractivity contribution in [1.82, 2.24) is 0 Å². The van der Waals surface area contributed by atoms with Crippen molar-refractivity contribution in [3.63, 3.8) is 0 Å². The highest BCUT2D eigenvalue weighted by Gasteiger charge is 2.07. The monoisotopic (exact) mass is 288 g/mol. The van der Waals surface area contributed by atoms with E-state index in [1.807, 2.05) is 0 Å². The lowest BCUT2D eigenvalue weighted by Gasteiger charge is -2.07. The predicted molar refractivity (Wildman–Crippen MR) is 71.8 cm³/mol. The Morgan fingerprint density at radius 3 is 2.15 bits per heavy atom. The molecule has 0 saturated heterocycles. The average molecular weight is 288 g/mol. The zero-order valence-electron chi connectivity index (χ0n) is 11.4. The molecule has 0 aromatic carbocycles.